The van der Waals surface area contributed by atoms with Crippen molar-refractivity contribution >= 4 is 19.5 Å². The maximum absolute atomic E-state index is 12.7. The molecule has 0 radical (unpaired) electrons. The van der Waals surface area contributed by atoms with Gasteiger partial charge in [-0.05, 0) is 44.2 Å². The summed E-state index contributed by atoms with van der Waals surface area (Å²) in [5.74, 6) is -2.83. The smallest absolute Gasteiger partial charge is 0.351 e. The molecule has 0 spiro atoms. The van der Waals surface area contributed by atoms with Crippen LogP contribution in [0.25, 0.3) is 0 Å². The minimum Gasteiger partial charge on any atom is -0.479 e. The van der Waals surface area contributed by atoms with E-state index in [1.807, 2.05) is 30.3 Å². The summed E-state index contributed by atoms with van der Waals surface area (Å²) in [4.78, 5) is 34.0. The van der Waals surface area contributed by atoms with Crippen molar-refractivity contribution < 1.29 is 28.7 Å². The number of aliphatic carboxylic acids is 1. The maximum Gasteiger partial charge on any atom is 0.351 e. The van der Waals surface area contributed by atoms with Gasteiger partial charge in [0.15, 0.2) is 6.10 Å². The number of benzene rings is 1. The van der Waals surface area contributed by atoms with Crippen molar-refractivity contribution in [3.63, 3.8) is 0 Å². The van der Waals surface area contributed by atoms with E-state index in [9.17, 15) is 24.2 Å². The Morgan fingerprint density at radius 3 is 2.46 bits per heavy atom. The highest BCUT2D eigenvalue weighted by molar-refractivity contribution is 7.53. The quantitative estimate of drug-likeness (QED) is 0.271. The SMILES string of the molecule is CCC[C@@H](NC(=O)CCc1ccccc1)P(=O)(O)OC(CCCCN)C(=O)O. The number of aryl methyl sites for hydroxylation is 1. The summed E-state index contributed by atoms with van der Waals surface area (Å²) >= 11 is 0. The lowest BCUT2D eigenvalue weighted by atomic mass is 10.1. The number of carboxylic acids is 1. The first-order valence-corrected chi connectivity index (χ1v) is 11.2. The fraction of sp³-hybridized carbons (Fsp3) is 0.579. The highest BCUT2D eigenvalue weighted by atomic mass is 31.2. The van der Waals surface area contributed by atoms with Crippen molar-refractivity contribution in [1.29, 1.82) is 0 Å². The molecule has 1 amide bonds. The molecule has 28 heavy (non-hydrogen) atoms. The Morgan fingerprint density at radius 1 is 1.21 bits per heavy atom. The second-order valence-electron chi connectivity index (χ2n) is 6.64. The van der Waals surface area contributed by atoms with Gasteiger partial charge in [0.2, 0.25) is 5.91 Å². The normalized spacial score (nSPS) is 15.4. The van der Waals surface area contributed by atoms with Crippen LogP contribution in [-0.4, -0.2) is 40.3 Å². The van der Waals surface area contributed by atoms with Gasteiger partial charge in [-0.3, -0.25) is 13.9 Å². The van der Waals surface area contributed by atoms with Crippen LogP contribution < -0.4 is 11.1 Å². The number of carbonyl (C=O) groups is 2. The van der Waals surface area contributed by atoms with E-state index in [-0.39, 0.29) is 25.2 Å². The summed E-state index contributed by atoms with van der Waals surface area (Å²) in [5.41, 5.74) is 6.38. The van der Waals surface area contributed by atoms with E-state index >= 15 is 0 Å². The van der Waals surface area contributed by atoms with Gasteiger partial charge in [0.1, 0.15) is 5.78 Å². The largest absolute Gasteiger partial charge is 0.479 e. The molecule has 1 aromatic rings. The molecule has 8 nitrogen and oxygen atoms in total. The predicted octanol–water partition coefficient (Wildman–Crippen LogP) is 2.65. The van der Waals surface area contributed by atoms with Gasteiger partial charge in [-0.15, -0.1) is 0 Å². The number of nitrogens with one attached hydrogen (secondary N) is 1. The highest BCUT2D eigenvalue weighted by Gasteiger charge is 2.37. The Hall–Kier alpha value is -1.73. The molecular weight excluding hydrogens is 383 g/mol. The molecule has 1 rings (SSSR count). The Balaban J connectivity index is 2.70. The molecule has 0 bridgehead atoms. The van der Waals surface area contributed by atoms with E-state index < -0.39 is 25.5 Å². The highest BCUT2D eigenvalue weighted by Crippen LogP contribution is 2.49. The summed E-state index contributed by atoms with van der Waals surface area (Å²) < 4.78 is 17.8. The molecule has 1 aromatic carbocycles. The van der Waals surface area contributed by atoms with E-state index in [4.69, 9.17) is 10.3 Å². The third-order valence-corrected chi connectivity index (χ3v) is 5.97. The van der Waals surface area contributed by atoms with Gasteiger partial charge in [-0.1, -0.05) is 43.7 Å². The van der Waals surface area contributed by atoms with Crippen LogP contribution in [0.4, 0.5) is 0 Å². The zero-order valence-electron chi connectivity index (χ0n) is 16.3. The zero-order valence-corrected chi connectivity index (χ0v) is 17.1. The molecule has 5 N–H and O–H groups in total. The first kappa shape index (κ1) is 24.3. The summed E-state index contributed by atoms with van der Waals surface area (Å²) in [6, 6.07) is 9.43. The Kier molecular flexibility index (Phi) is 11.0. The lowest BCUT2D eigenvalue weighted by molar-refractivity contribution is -0.145. The molecule has 3 atom stereocenters. The van der Waals surface area contributed by atoms with Gasteiger partial charge in [0.05, 0.1) is 0 Å². The molecular formula is C19H31N2O6P. The Bertz CT molecular complexity index is 655. The molecule has 0 saturated carbocycles. The molecule has 9 heteroatoms. The molecule has 0 aliphatic heterocycles. The van der Waals surface area contributed by atoms with Crippen LogP contribution in [0.5, 0.6) is 0 Å². The second kappa shape index (κ2) is 12.7. The van der Waals surface area contributed by atoms with Crippen molar-refractivity contribution in [1.82, 2.24) is 5.32 Å². The minimum absolute atomic E-state index is 0.0812. The third kappa shape index (κ3) is 8.97. The number of carboxylic acid groups (broad SMARTS) is 1. The van der Waals surface area contributed by atoms with Crippen LogP contribution in [-0.2, 0) is 25.1 Å². The fourth-order valence-electron chi connectivity index (χ4n) is 2.70. The first-order chi connectivity index (χ1) is 13.3. The number of unbranched alkanes of at least 4 members (excludes halogenated alkanes) is 1. The molecule has 0 fully saturated rings. The third-order valence-electron chi connectivity index (χ3n) is 4.24. The van der Waals surface area contributed by atoms with Crippen molar-refractivity contribution in [2.45, 2.75) is 63.8 Å². The molecule has 0 aliphatic rings. The van der Waals surface area contributed by atoms with Gasteiger partial charge in [-0.2, -0.15) is 0 Å². The van der Waals surface area contributed by atoms with Crippen molar-refractivity contribution in [3.8, 4) is 0 Å². The van der Waals surface area contributed by atoms with Gasteiger partial charge >= 0.3 is 13.6 Å². The van der Waals surface area contributed by atoms with Gasteiger partial charge in [0.25, 0.3) is 0 Å². The van der Waals surface area contributed by atoms with Gasteiger partial charge in [0, 0.05) is 6.42 Å². The van der Waals surface area contributed by atoms with Crippen molar-refractivity contribution in [2.24, 2.45) is 5.73 Å². The number of carbonyl (C=O) groups excluding carboxylic acids is 1. The minimum atomic E-state index is -4.37. The number of hydrogen-bond donors (Lipinski definition) is 4. The summed E-state index contributed by atoms with van der Waals surface area (Å²) in [5, 5.41) is 11.8. The second-order valence-corrected chi connectivity index (χ2v) is 8.60. The van der Waals surface area contributed by atoms with E-state index in [2.05, 4.69) is 5.32 Å². The van der Waals surface area contributed by atoms with E-state index in [1.165, 1.54) is 0 Å². The van der Waals surface area contributed by atoms with E-state index in [0.29, 0.717) is 32.2 Å². The van der Waals surface area contributed by atoms with Crippen LogP contribution in [0.1, 0.15) is 51.0 Å². The lowest BCUT2D eigenvalue weighted by Gasteiger charge is -2.26. The molecule has 0 aromatic heterocycles. The van der Waals surface area contributed by atoms with E-state index in [0.717, 1.165) is 5.56 Å². The summed E-state index contributed by atoms with van der Waals surface area (Å²) in [6.07, 6.45) is 1.12. The molecule has 0 heterocycles. The predicted molar refractivity (Wildman–Crippen MR) is 107 cm³/mol. The topological polar surface area (TPSA) is 139 Å². The van der Waals surface area contributed by atoms with Crippen LogP contribution in [0.15, 0.2) is 30.3 Å². The number of rotatable bonds is 14. The number of hydrogen-bond acceptors (Lipinski definition) is 5. The van der Waals surface area contributed by atoms with E-state index in [1.54, 1.807) is 6.92 Å². The number of nitrogens with two attached hydrogens (primary N) is 1. The average Bonchev–Trinajstić information content (AvgIpc) is 2.66. The zero-order chi connectivity index (χ0) is 21.0. The fourth-order valence-corrected chi connectivity index (χ4v) is 4.30. The van der Waals surface area contributed by atoms with Crippen LogP contribution in [0.3, 0.4) is 0 Å². The molecule has 158 valence electrons. The summed E-state index contributed by atoms with van der Waals surface area (Å²) in [7, 11) is -4.37. The molecule has 0 saturated heterocycles. The Labute approximate surface area is 166 Å². The molecule has 2 unspecified atom stereocenters. The molecule has 0 aliphatic carbocycles. The van der Waals surface area contributed by atoms with Gasteiger partial charge in [-0.25, -0.2) is 4.79 Å². The van der Waals surface area contributed by atoms with Crippen LogP contribution in [0, 0.1) is 0 Å². The van der Waals surface area contributed by atoms with Crippen LogP contribution in [0.2, 0.25) is 0 Å². The number of amides is 1. The van der Waals surface area contributed by atoms with Crippen molar-refractivity contribution in [2.75, 3.05) is 6.54 Å². The first-order valence-electron chi connectivity index (χ1n) is 9.57. The standard InChI is InChI=1S/C19H31N2O6P/c1-2-8-18(21-17(22)13-12-15-9-4-3-5-10-15)28(25,26)27-16(19(23)24)11-6-7-14-20/h3-5,9-10,16,18H,2,6-8,11-14,20H2,1H3,(H,21,22)(H,23,24)(H,25,26)/t16?,18-/m0/s1. The van der Waals surface area contributed by atoms with Crippen LogP contribution >= 0.6 is 7.60 Å². The average molecular weight is 414 g/mol. The lowest BCUT2D eigenvalue weighted by Crippen LogP contribution is -2.37. The van der Waals surface area contributed by atoms with Gasteiger partial charge < -0.3 is 21.1 Å². The maximum atomic E-state index is 12.7. The van der Waals surface area contributed by atoms with Crippen molar-refractivity contribution in [3.05, 3.63) is 35.9 Å². The Morgan fingerprint density at radius 2 is 1.89 bits per heavy atom. The monoisotopic (exact) mass is 414 g/mol. The summed E-state index contributed by atoms with van der Waals surface area (Å²) in [6.45, 7) is 2.21.